The Morgan fingerprint density at radius 2 is 1.79 bits per heavy atom. The topological polar surface area (TPSA) is 113 Å². The maximum absolute atomic E-state index is 13.3. The molecule has 1 atom stereocenters. The fourth-order valence-electron chi connectivity index (χ4n) is 3.08. The molecule has 0 saturated heterocycles. The second-order valence-corrected chi connectivity index (χ2v) is 9.13. The van der Waals surface area contributed by atoms with E-state index < -0.39 is 21.0 Å². The van der Waals surface area contributed by atoms with Crippen molar-refractivity contribution in [2.75, 3.05) is 0 Å². The fourth-order valence-corrected chi connectivity index (χ4v) is 5.38. The maximum atomic E-state index is 13.3. The van der Waals surface area contributed by atoms with Gasteiger partial charge in [0.25, 0.3) is 15.7 Å². The van der Waals surface area contributed by atoms with Crippen LogP contribution in [0, 0.1) is 10.1 Å². The van der Waals surface area contributed by atoms with Gasteiger partial charge in [-0.2, -0.15) is 17.9 Å². The van der Waals surface area contributed by atoms with E-state index in [0.29, 0.717) is 17.7 Å². The standard InChI is InChI=1S/C19H15N3O5S2/c23-15-7-3-13(4-8-15)17-12-18(19-2-1-11-28-19)21(20-17)29(26,27)16-9-5-14(6-10-16)22(24)25/h1-11,18,23H,12H2. The molecule has 29 heavy (non-hydrogen) atoms. The highest BCUT2D eigenvalue weighted by atomic mass is 32.2. The molecule has 1 aromatic heterocycles. The molecule has 1 aliphatic rings. The van der Waals surface area contributed by atoms with Gasteiger partial charge in [0, 0.05) is 23.4 Å². The lowest BCUT2D eigenvalue weighted by molar-refractivity contribution is -0.384. The summed E-state index contributed by atoms with van der Waals surface area (Å²) < 4.78 is 27.6. The van der Waals surface area contributed by atoms with Crippen LogP contribution in [0.4, 0.5) is 5.69 Å². The third-order valence-corrected chi connectivity index (χ3v) is 7.21. The van der Waals surface area contributed by atoms with Gasteiger partial charge in [-0.3, -0.25) is 10.1 Å². The van der Waals surface area contributed by atoms with E-state index in [1.807, 2.05) is 17.5 Å². The van der Waals surface area contributed by atoms with Crippen LogP contribution in [0.5, 0.6) is 5.75 Å². The molecule has 8 nitrogen and oxygen atoms in total. The molecule has 0 amide bonds. The second-order valence-electron chi connectivity index (χ2n) is 6.36. The Morgan fingerprint density at radius 1 is 1.10 bits per heavy atom. The van der Waals surface area contributed by atoms with Crippen LogP contribution < -0.4 is 0 Å². The van der Waals surface area contributed by atoms with E-state index in [0.717, 1.165) is 21.4 Å². The van der Waals surface area contributed by atoms with Crippen LogP contribution in [0.25, 0.3) is 0 Å². The van der Waals surface area contributed by atoms with Gasteiger partial charge in [0.2, 0.25) is 0 Å². The number of phenols is 1. The average Bonchev–Trinajstić information content (AvgIpc) is 3.38. The smallest absolute Gasteiger partial charge is 0.279 e. The third-order valence-electron chi connectivity index (χ3n) is 4.54. The summed E-state index contributed by atoms with van der Waals surface area (Å²) in [5.74, 6) is 0.109. The highest BCUT2D eigenvalue weighted by molar-refractivity contribution is 7.89. The van der Waals surface area contributed by atoms with Gasteiger partial charge in [0.15, 0.2) is 0 Å². The maximum Gasteiger partial charge on any atom is 0.279 e. The van der Waals surface area contributed by atoms with Crippen LogP contribution in [-0.4, -0.2) is 28.6 Å². The minimum absolute atomic E-state index is 0.0691. The normalized spacial score (nSPS) is 16.6. The van der Waals surface area contributed by atoms with E-state index >= 15 is 0 Å². The Labute approximate surface area is 170 Å². The Balaban J connectivity index is 1.76. The van der Waals surface area contributed by atoms with Gasteiger partial charge in [0.1, 0.15) is 11.8 Å². The van der Waals surface area contributed by atoms with Crippen molar-refractivity contribution < 1.29 is 18.4 Å². The van der Waals surface area contributed by atoms with Crippen molar-refractivity contribution in [1.29, 1.82) is 0 Å². The van der Waals surface area contributed by atoms with Crippen LogP contribution in [-0.2, 0) is 10.0 Å². The van der Waals surface area contributed by atoms with Crippen LogP contribution in [0.1, 0.15) is 22.9 Å². The highest BCUT2D eigenvalue weighted by Gasteiger charge is 2.38. The number of hydrogen-bond donors (Lipinski definition) is 1. The molecule has 0 bridgehead atoms. The number of phenolic OH excluding ortho intramolecular Hbond substituents is 1. The molecule has 148 valence electrons. The molecule has 2 aromatic carbocycles. The number of non-ortho nitro benzene ring substituents is 1. The highest BCUT2D eigenvalue weighted by Crippen LogP contribution is 2.39. The number of nitro benzene ring substituents is 1. The predicted octanol–water partition coefficient (Wildman–Crippen LogP) is 3.90. The van der Waals surface area contributed by atoms with Gasteiger partial charge in [-0.15, -0.1) is 11.3 Å². The monoisotopic (exact) mass is 429 g/mol. The quantitative estimate of drug-likeness (QED) is 0.488. The molecule has 1 aliphatic heterocycles. The van der Waals surface area contributed by atoms with Gasteiger partial charge >= 0.3 is 0 Å². The molecule has 0 aliphatic carbocycles. The molecule has 0 spiro atoms. The van der Waals surface area contributed by atoms with Crippen LogP contribution in [0.3, 0.4) is 0 Å². The van der Waals surface area contributed by atoms with Crippen LogP contribution in [0.2, 0.25) is 0 Å². The molecule has 1 unspecified atom stereocenters. The first-order chi connectivity index (χ1) is 13.9. The lowest BCUT2D eigenvalue weighted by Gasteiger charge is -2.22. The number of hydrazone groups is 1. The van der Waals surface area contributed by atoms with Gasteiger partial charge in [-0.25, -0.2) is 0 Å². The zero-order chi connectivity index (χ0) is 20.6. The first kappa shape index (κ1) is 19.1. The van der Waals surface area contributed by atoms with Crippen molar-refractivity contribution in [2.24, 2.45) is 5.10 Å². The molecular weight excluding hydrogens is 414 g/mol. The summed E-state index contributed by atoms with van der Waals surface area (Å²) in [5, 5.41) is 26.6. The zero-order valence-corrected chi connectivity index (χ0v) is 16.5. The minimum Gasteiger partial charge on any atom is -0.508 e. The van der Waals surface area contributed by atoms with Crippen molar-refractivity contribution in [1.82, 2.24) is 4.41 Å². The zero-order valence-electron chi connectivity index (χ0n) is 14.9. The summed E-state index contributed by atoms with van der Waals surface area (Å²) in [7, 11) is -4.02. The Bertz CT molecular complexity index is 1170. The molecule has 1 N–H and O–H groups in total. The molecule has 3 aromatic rings. The fraction of sp³-hybridized carbons (Fsp3) is 0.105. The second kappa shape index (κ2) is 7.30. The van der Waals surface area contributed by atoms with E-state index in [2.05, 4.69) is 5.10 Å². The number of sulfonamides is 1. The van der Waals surface area contributed by atoms with Gasteiger partial charge < -0.3 is 5.11 Å². The molecule has 4 rings (SSSR count). The summed E-state index contributed by atoms with van der Waals surface area (Å²) in [6, 6.07) is 14.3. The first-order valence-electron chi connectivity index (χ1n) is 8.55. The summed E-state index contributed by atoms with van der Waals surface area (Å²) in [5.41, 5.74) is 1.10. The van der Waals surface area contributed by atoms with Crippen molar-refractivity contribution >= 4 is 32.8 Å². The van der Waals surface area contributed by atoms with Crippen LogP contribution in [0.15, 0.2) is 76.0 Å². The molecule has 0 radical (unpaired) electrons. The van der Waals surface area contributed by atoms with Crippen molar-refractivity contribution in [3.05, 3.63) is 86.6 Å². The van der Waals surface area contributed by atoms with Crippen molar-refractivity contribution in [2.45, 2.75) is 17.4 Å². The number of nitrogens with zero attached hydrogens (tertiary/aromatic N) is 3. The minimum atomic E-state index is -4.02. The average molecular weight is 429 g/mol. The summed E-state index contributed by atoms with van der Waals surface area (Å²) in [6.45, 7) is 0. The lowest BCUT2D eigenvalue weighted by atomic mass is 10.0. The van der Waals surface area contributed by atoms with E-state index in [4.69, 9.17) is 0 Å². The van der Waals surface area contributed by atoms with E-state index in [9.17, 15) is 23.6 Å². The molecule has 0 fully saturated rings. The largest absolute Gasteiger partial charge is 0.508 e. The van der Waals surface area contributed by atoms with Gasteiger partial charge in [-0.1, -0.05) is 6.07 Å². The molecular formula is C19H15N3O5S2. The summed E-state index contributed by atoms with van der Waals surface area (Å²) in [4.78, 5) is 11.0. The number of benzene rings is 2. The predicted molar refractivity (Wildman–Crippen MR) is 108 cm³/mol. The Morgan fingerprint density at radius 3 is 2.38 bits per heavy atom. The van der Waals surface area contributed by atoms with E-state index in [1.165, 1.54) is 35.6 Å². The van der Waals surface area contributed by atoms with Gasteiger partial charge in [-0.05, 0) is 53.4 Å². The third kappa shape index (κ3) is 3.59. The SMILES string of the molecule is O=[N+]([O-])c1ccc(S(=O)(=O)N2N=C(c3ccc(O)cc3)CC2c2cccs2)cc1. The van der Waals surface area contributed by atoms with E-state index in [-0.39, 0.29) is 16.3 Å². The Kier molecular flexibility index (Phi) is 4.81. The Hall–Kier alpha value is -3.24. The van der Waals surface area contributed by atoms with Crippen molar-refractivity contribution in [3.8, 4) is 5.75 Å². The molecule has 0 saturated carbocycles. The van der Waals surface area contributed by atoms with Crippen LogP contribution >= 0.6 is 11.3 Å². The number of rotatable bonds is 5. The number of nitro groups is 1. The summed E-state index contributed by atoms with van der Waals surface area (Å²) in [6.07, 6.45) is 0.373. The number of aromatic hydroxyl groups is 1. The number of thiophene rings is 1. The van der Waals surface area contributed by atoms with Gasteiger partial charge in [0.05, 0.1) is 15.5 Å². The molecule has 2 heterocycles. The van der Waals surface area contributed by atoms with E-state index in [1.54, 1.807) is 12.1 Å². The number of hydrogen-bond acceptors (Lipinski definition) is 7. The summed E-state index contributed by atoms with van der Waals surface area (Å²) >= 11 is 1.43. The lowest BCUT2D eigenvalue weighted by Crippen LogP contribution is -2.26. The first-order valence-corrected chi connectivity index (χ1v) is 10.9. The van der Waals surface area contributed by atoms with Crippen molar-refractivity contribution in [3.63, 3.8) is 0 Å². The molecule has 10 heteroatoms.